The number of nitrogens with zero attached hydrogens (tertiary/aromatic N) is 1. The van der Waals surface area contributed by atoms with Crippen LogP contribution in [0, 0.1) is 5.92 Å². The standard InChI is InChI=1S/C44H82N2O2/c1-5-7-9-11-13-15-17-19-21-23-25-27-29-31-33-35-38-43(42-45-44(47)48-41-37-40-46(3)4)39-36-34-32-30-28-26-24-22-20-18-16-14-12-10-8-6-2/h13-16,19-22,43H,5-12,17-18,23-42H2,1-4H3,(H,45,47). The van der Waals surface area contributed by atoms with E-state index in [1.165, 1.54) is 154 Å². The summed E-state index contributed by atoms with van der Waals surface area (Å²) in [5, 5.41) is 3.08. The van der Waals surface area contributed by atoms with Gasteiger partial charge >= 0.3 is 6.09 Å². The molecule has 4 nitrogen and oxygen atoms in total. The summed E-state index contributed by atoms with van der Waals surface area (Å²) < 4.78 is 5.42. The molecule has 0 aliphatic heterocycles. The van der Waals surface area contributed by atoms with E-state index < -0.39 is 0 Å². The third-order valence-corrected chi connectivity index (χ3v) is 9.14. The number of nitrogens with one attached hydrogen (secondary N) is 1. The van der Waals surface area contributed by atoms with Crippen molar-refractivity contribution in [3.8, 4) is 0 Å². The highest BCUT2D eigenvalue weighted by Gasteiger charge is 2.11. The summed E-state index contributed by atoms with van der Waals surface area (Å²) in [6, 6.07) is 0. The van der Waals surface area contributed by atoms with Crippen LogP contribution in [0.5, 0.6) is 0 Å². The van der Waals surface area contributed by atoms with E-state index in [9.17, 15) is 4.79 Å². The van der Waals surface area contributed by atoms with Gasteiger partial charge in [-0.05, 0) is 103 Å². The molecule has 0 radical (unpaired) electrons. The van der Waals surface area contributed by atoms with Gasteiger partial charge in [-0.15, -0.1) is 0 Å². The van der Waals surface area contributed by atoms with Crippen LogP contribution in [0.1, 0.15) is 187 Å². The van der Waals surface area contributed by atoms with Gasteiger partial charge in [-0.3, -0.25) is 0 Å². The Balaban J connectivity index is 4.09. The molecule has 1 amide bonds. The van der Waals surface area contributed by atoms with Gasteiger partial charge in [0.15, 0.2) is 0 Å². The van der Waals surface area contributed by atoms with Gasteiger partial charge in [0.1, 0.15) is 0 Å². The van der Waals surface area contributed by atoms with Gasteiger partial charge in [-0.1, -0.05) is 152 Å². The molecule has 1 N–H and O–H groups in total. The lowest BCUT2D eigenvalue weighted by Gasteiger charge is -2.18. The molecule has 0 saturated carbocycles. The maximum atomic E-state index is 12.3. The van der Waals surface area contributed by atoms with Crippen molar-refractivity contribution in [2.24, 2.45) is 5.92 Å². The van der Waals surface area contributed by atoms with Gasteiger partial charge in [0.05, 0.1) is 6.61 Å². The smallest absolute Gasteiger partial charge is 0.407 e. The van der Waals surface area contributed by atoms with Crippen LogP contribution in [0.4, 0.5) is 4.79 Å². The molecule has 0 aliphatic rings. The van der Waals surface area contributed by atoms with Crippen molar-refractivity contribution in [3.63, 3.8) is 0 Å². The molecule has 0 aromatic rings. The molecule has 48 heavy (non-hydrogen) atoms. The van der Waals surface area contributed by atoms with Crippen molar-refractivity contribution in [2.45, 2.75) is 187 Å². The molecule has 0 bridgehead atoms. The summed E-state index contributed by atoms with van der Waals surface area (Å²) >= 11 is 0. The van der Waals surface area contributed by atoms with Crippen molar-refractivity contribution in [1.29, 1.82) is 0 Å². The van der Waals surface area contributed by atoms with E-state index in [2.05, 4.69) is 72.7 Å². The summed E-state index contributed by atoms with van der Waals surface area (Å²) in [4.78, 5) is 14.4. The van der Waals surface area contributed by atoms with Crippen LogP contribution in [0.2, 0.25) is 0 Å². The number of hydrogen-bond acceptors (Lipinski definition) is 3. The first-order valence-corrected chi connectivity index (χ1v) is 20.7. The lowest BCUT2D eigenvalue weighted by molar-refractivity contribution is 0.139. The molecule has 0 fully saturated rings. The first kappa shape index (κ1) is 46.2. The molecule has 0 rings (SSSR count). The molecule has 0 saturated heterocycles. The Morgan fingerprint density at radius 1 is 0.542 bits per heavy atom. The second-order valence-corrected chi connectivity index (χ2v) is 14.3. The van der Waals surface area contributed by atoms with Crippen LogP contribution in [0.25, 0.3) is 0 Å². The van der Waals surface area contributed by atoms with E-state index in [0.29, 0.717) is 12.5 Å². The number of carbonyl (C=O) groups excluding carboxylic acids is 1. The van der Waals surface area contributed by atoms with Crippen LogP contribution in [-0.2, 0) is 4.74 Å². The van der Waals surface area contributed by atoms with Crippen molar-refractivity contribution in [1.82, 2.24) is 10.2 Å². The summed E-state index contributed by atoms with van der Waals surface area (Å²) in [5.41, 5.74) is 0. The Labute approximate surface area is 300 Å². The van der Waals surface area contributed by atoms with Crippen molar-refractivity contribution >= 4 is 6.09 Å². The van der Waals surface area contributed by atoms with Gasteiger partial charge in [0.2, 0.25) is 0 Å². The number of unbranched alkanes of at least 4 members (excludes halogenated alkanes) is 18. The zero-order valence-electron chi connectivity index (χ0n) is 32.7. The van der Waals surface area contributed by atoms with E-state index in [-0.39, 0.29) is 6.09 Å². The number of rotatable bonds is 36. The second kappa shape index (κ2) is 39.6. The molecule has 280 valence electrons. The molecular weight excluding hydrogens is 588 g/mol. The molecule has 0 aromatic heterocycles. The fraction of sp³-hybridized carbons (Fsp3) is 0.795. The molecule has 0 aromatic carbocycles. The Morgan fingerprint density at radius 2 is 0.938 bits per heavy atom. The summed E-state index contributed by atoms with van der Waals surface area (Å²) in [5.74, 6) is 0.566. The molecular formula is C44H82N2O2. The Bertz CT molecular complexity index is 722. The van der Waals surface area contributed by atoms with E-state index in [1.54, 1.807) is 0 Å². The Hall–Kier alpha value is -1.81. The molecule has 4 heteroatoms. The molecule has 0 spiro atoms. The first-order chi connectivity index (χ1) is 23.6. The van der Waals surface area contributed by atoms with Gasteiger partial charge in [-0.25, -0.2) is 4.79 Å². The largest absolute Gasteiger partial charge is 0.450 e. The lowest BCUT2D eigenvalue weighted by Crippen LogP contribution is -2.30. The molecule has 0 aliphatic carbocycles. The fourth-order valence-corrected chi connectivity index (χ4v) is 6.02. The van der Waals surface area contributed by atoms with Crippen LogP contribution in [0.3, 0.4) is 0 Å². The SMILES string of the molecule is CCCCCC=CCC=CCCCCCCCCC(CCCCCCCCC=CCC=CCCCCC)CNC(=O)OCCCN(C)C. The third kappa shape index (κ3) is 38.6. The minimum absolute atomic E-state index is 0.243. The molecule has 0 unspecified atom stereocenters. The average molecular weight is 671 g/mol. The Morgan fingerprint density at radius 3 is 1.35 bits per heavy atom. The lowest BCUT2D eigenvalue weighted by atomic mass is 9.94. The minimum Gasteiger partial charge on any atom is -0.450 e. The highest BCUT2D eigenvalue weighted by atomic mass is 16.5. The molecule has 0 atom stereocenters. The molecule has 0 heterocycles. The van der Waals surface area contributed by atoms with Crippen LogP contribution >= 0.6 is 0 Å². The second-order valence-electron chi connectivity index (χ2n) is 14.3. The topological polar surface area (TPSA) is 41.6 Å². The van der Waals surface area contributed by atoms with E-state index in [1.807, 2.05) is 14.1 Å². The summed E-state index contributed by atoms with van der Waals surface area (Å²) in [6.07, 6.45) is 52.7. The zero-order valence-corrected chi connectivity index (χ0v) is 32.7. The highest BCUT2D eigenvalue weighted by molar-refractivity contribution is 5.67. The maximum absolute atomic E-state index is 12.3. The van der Waals surface area contributed by atoms with Crippen LogP contribution < -0.4 is 5.32 Å². The Kier molecular flexibility index (Phi) is 38.1. The monoisotopic (exact) mass is 671 g/mol. The maximum Gasteiger partial charge on any atom is 0.407 e. The number of hydrogen-bond donors (Lipinski definition) is 1. The van der Waals surface area contributed by atoms with E-state index in [0.717, 1.165) is 32.4 Å². The first-order valence-electron chi connectivity index (χ1n) is 20.7. The number of carbonyl (C=O) groups is 1. The van der Waals surface area contributed by atoms with Crippen molar-refractivity contribution in [3.05, 3.63) is 48.6 Å². The van der Waals surface area contributed by atoms with Crippen molar-refractivity contribution < 1.29 is 9.53 Å². The fourth-order valence-electron chi connectivity index (χ4n) is 6.02. The van der Waals surface area contributed by atoms with Gasteiger partial charge in [0, 0.05) is 13.1 Å². The summed E-state index contributed by atoms with van der Waals surface area (Å²) in [6.45, 7) is 6.72. The predicted molar refractivity (Wildman–Crippen MR) is 214 cm³/mol. The third-order valence-electron chi connectivity index (χ3n) is 9.14. The number of ether oxygens (including phenoxy) is 1. The number of amides is 1. The average Bonchev–Trinajstić information content (AvgIpc) is 3.08. The number of alkyl carbamates (subject to hydrolysis) is 1. The van der Waals surface area contributed by atoms with Crippen LogP contribution in [0.15, 0.2) is 48.6 Å². The van der Waals surface area contributed by atoms with E-state index in [4.69, 9.17) is 4.74 Å². The quantitative estimate of drug-likeness (QED) is 0.0533. The van der Waals surface area contributed by atoms with Gasteiger partial charge in [0.25, 0.3) is 0 Å². The van der Waals surface area contributed by atoms with E-state index >= 15 is 0 Å². The van der Waals surface area contributed by atoms with Gasteiger partial charge in [-0.2, -0.15) is 0 Å². The van der Waals surface area contributed by atoms with Gasteiger partial charge < -0.3 is 15.0 Å². The number of allylic oxidation sites excluding steroid dienone is 8. The zero-order chi connectivity index (χ0) is 35.0. The van der Waals surface area contributed by atoms with Crippen molar-refractivity contribution in [2.75, 3.05) is 33.8 Å². The minimum atomic E-state index is -0.243. The normalized spacial score (nSPS) is 12.9. The predicted octanol–water partition coefficient (Wildman–Crippen LogP) is 13.7. The van der Waals surface area contributed by atoms with Crippen LogP contribution in [-0.4, -0.2) is 44.8 Å². The highest BCUT2D eigenvalue weighted by Crippen LogP contribution is 2.19. The summed E-state index contributed by atoms with van der Waals surface area (Å²) in [7, 11) is 4.10.